The molecule has 1 aromatic carbocycles. The third-order valence-corrected chi connectivity index (χ3v) is 2.51. The molecular formula is C13H20N2O3. The van der Waals surface area contributed by atoms with Crippen molar-refractivity contribution in [1.82, 2.24) is 10.6 Å². The van der Waals surface area contributed by atoms with E-state index < -0.39 is 0 Å². The van der Waals surface area contributed by atoms with Gasteiger partial charge in [0.05, 0.1) is 7.11 Å². The van der Waals surface area contributed by atoms with Gasteiger partial charge in [0.1, 0.15) is 11.5 Å². The minimum absolute atomic E-state index is 0.00357. The molecule has 0 spiro atoms. The van der Waals surface area contributed by atoms with Gasteiger partial charge in [-0.2, -0.15) is 0 Å². The molecule has 18 heavy (non-hydrogen) atoms. The highest BCUT2D eigenvalue weighted by molar-refractivity contribution is 5.77. The average Bonchev–Trinajstić information content (AvgIpc) is 2.42. The Morgan fingerprint density at radius 1 is 1.39 bits per heavy atom. The molecule has 0 radical (unpaired) electrons. The predicted octanol–water partition coefficient (Wildman–Crippen LogP) is 0.798. The van der Waals surface area contributed by atoms with E-state index in [1.54, 1.807) is 19.2 Å². The van der Waals surface area contributed by atoms with Crippen LogP contribution in [0.2, 0.25) is 0 Å². The largest absolute Gasteiger partial charge is 0.497 e. The molecule has 1 amide bonds. The van der Waals surface area contributed by atoms with Crippen LogP contribution in [0.15, 0.2) is 24.3 Å². The Bertz CT molecular complexity index is 382. The van der Waals surface area contributed by atoms with Gasteiger partial charge >= 0.3 is 0 Å². The van der Waals surface area contributed by atoms with Gasteiger partial charge in [-0.15, -0.1) is 0 Å². The summed E-state index contributed by atoms with van der Waals surface area (Å²) in [6.45, 7) is 2.57. The highest BCUT2D eigenvalue weighted by Crippen LogP contribution is 2.18. The topological polar surface area (TPSA) is 59.6 Å². The van der Waals surface area contributed by atoms with Gasteiger partial charge in [0.15, 0.2) is 6.61 Å². The Hall–Kier alpha value is -1.75. The molecule has 0 aliphatic heterocycles. The van der Waals surface area contributed by atoms with Crippen molar-refractivity contribution in [3.05, 3.63) is 24.3 Å². The first-order chi connectivity index (χ1) is 8.65. The van der Waals surface area contributed by atoms with Crippen LogP contribution < -0.4 is 20.1 Å². The summed E-state index contributed by atoms with van der Waals surface area (Å²) in [5.41, 5.74) is 0. The summed E-state index contributed by atoms with van der Waals surface area (Å²) < 4.78 is 10.4. The summed E-state index contributed by atoms with van der Waals surface area (Å²) in [6.07, 6.45) is 0. The van der Waals surface area contributed by atoms with Crippen molar-refractivity contribution >= 4 is 5.91 Å². The van der Waals surface area contributed by atoms with Gasteiger partial charge in [0.2, 0.25) is 0 Å². The molecule has 5 heteroatoms. The average molecular weight is 252 g/mol. The molecule has 0 aliphatic rings. The molecule has 0 saturated heterocycles. The Kier molecular flexibility index (Phi) is 6.00. The van der Waals surface area contributed by atoms with Crippen molar-refractivity contribution in [2.45, 2.75) is 13.0 Å². The number of hydrogen-bond acceptors (Lipinski definition) is 4. The lowest BCUT2D eigenvalue weighted by atomic mass is 10.3. The molecule has 0 aromatic heterocycles. The Balaban J connectivity index is 2.33. The third kappa shape index (κ3) is 5.05. The lowest BCUT2D eigenvalue weighted by molar-refractivity contribution is -0.123. The van der Waals surface area contributed by atoms with Crippen LogP contribution in [0.5, 0.6) is 11.5 Å². The smallest absolute Gasteiger partial charge is 0.257 e. The number of carbonyl (C=O) groups excluding carboxylic acids is 1. The Morgan fingerprint density at radius 2 is 2.11 bits per heavy atom. The van der Waals surface area contributed by atoms with E-state index in [1.807, 2.05) is 26.1 Å². The second kappa shape index (κ2) is 7.55. The van der Waals surface area contributed by atoms with Gasteiger partial charge in [-0.25, -0.2) is 0 Å². The molecule has 100 valence electrons. The number of benzene rings is 1. The van der Waals surface area contributed by atoms with Crippen molar-refractivity contribution in [2.24, 2.45) is 0 Å². The summed E-state index contributed by atoms with van der Waals surface area (Å²) in [5.74, 6) is 1.18. The number of hydrogen-bond donors (Lipinski definition) is 2. The number of likely N-dealkylation sites (N-methyl/N-ethyl adjacent to an activating group) is 1. The fraction of sp³-hybridized carbons (Fsp3) is 0.462. The zero-order valence-corrected chi connectivity index (χ0v) is 11.0. The van der Waals surface area contributed by atoms with Crippen LogP contribution in [0.1, 0.15) is 6.92 Å². The lowest BCUT2D eigenvalue weighted by Gasteiger charge is -2.12. The van der Waals surface area contributed by atoms with Crippen LogP contribution in [0.25, 0.3) is 0 Å². The summed E-state index contributed by atoms with van der Waals surface area (Å²) in [4.78, 5) is 11.5. The van der Waals surface area contributed by atoms with Crippen molar-refractivity contribution in [3.63, 3.8) is 0 Å². The second-order valence-electron chi connectivity index (χ2n) is 3.96. The lowest BCUT2D eigenvalue weighted by Crippen LogP contribution is -2.39. The molecule has 2 N–H and O–H groups in total. The van der Waals surface area contributed by atoms with E-state index in [0.29, 0.717) is 18.0 Å². The summed E-state index contributed by atoms with van der Waals surface area (Å²) in [6, 6.07) is 7.40. The zero-order chi connectivity index (χ0) is 13.4. The monoisotopic (exact) mass is 252 g/mol. The minimum atomic E-state index is -0.139. The number of methoxy groups -OCH3 is 1. The van der Waals surface area contributed by atoms with E-state index in [-0.39, 0.29) is 18.6 Å². The van der Waals surface area contributed by atoms with E-state index in [0.717, 1.165) is 0 Å². The fourth-order valence-corrected chi connectivity index (χ4v) is 1.26. The van der Waals surface area contributed by atoms with Crippen LogP contribution in [0.4, 0.5) is 0 Å². The number of amides is 1. The van der Waals surface area contributed by atoms with Crippen LogP contribution in [-0.4, -0.2) is 39.3 Å². The number of ether oxygens (including phenoxy) is 2. The SMILES string of the molecule is CNC(C)CNC(=O)COc1cccc(OC)c1. The normalized spacial score (nSPS) is 11.7. The predicted molar refractivity (Wildman–Crippen MR) is 70.0 cm³/mol. The van der Waals surface area contributed by atoms with Crippen molar-refractivity contribution in [3.8, 4) is 11.5 Å². The molecule has 0 heterocycles. The molecule has 1 aromatic rings. The van der Waals surface area contributed by atoms with Crippen molar-refractivity contribution in [1.29, 1.82) is 0 Å². The van der Waals surface area contributed by atoms with E-state index in [2.05, 4.69) is 10.6 Å². The molecule has 0 saturated carbocycles. The molecule has 0 aliphatic carbocycles. The molecular weight excluding hydrogens is 232 g/mol. The number of carbonyl (C=O) groups is 1. The summed E-state index contributed by atoms with van der Waals surface area (Å²) in [7, 11) is 3.44. The molecule has 5 nitrogen and oxygen atoms in total. The van der Waals surface area contributed by atoms with Gasteiger partial charge < -0.3 is 20.1 Å². The number of nitrogens with one attached hydrogen (secondary N) is 2. The van der Waals surface area contributed by atoms with Gasteiger partial charge in [-0.1, -0.05) is 6.07 Å². The first-order valence-corrected chi connectivity index (χ1v) is 5.86. The maximum Gasteiger partial charge on any atom is 0.257 e. The van der Waals surface area contributed by atoms with Gasteiger partial charge in [0.25, 0.3) is 5.91 Å². The van der Waals surface area contributed by atoms with Crippen LogP contribution in [0.3, 0.4) is 0 Å². The zero-order valence-electron chi connectivity index (χ0n) is 11.0. The van der Waals surface area contributed by atoms with E-state index >= 15 is 0 Å². The van der Waals surface area contributed by atoms with E-state index in [4.69, 9.17) is 9.47 Å². The van der Waals surface area contributed by atoms with Gasteiger partial charge in [-0.05, 0) is 26.1 Å². The molecule has 0 bridgehead atoms. The fourth-order valence-electron chi connectivity index (χ4n) is 1.26. The maximum absolute atomic E-state index is 11.5. The number of rotatable bonds is 7. The standard InChI is InChI=1S/C13H20N2O3/c1-10(14-2)8-15-13(16)9-18-12-6-4-5-11(7-12)17-3/h4-7,10,14H,8-9H2,1-3H3,(H,15,16). The maximum atomic E-state index is 11.5. The molecule has 1 rings (SSSR count). The Morgan fingerprint density at radius 3 is 2.78 bits per heavy atom. The molecule has 0 fully saturated rings. The highest BCUT2D eigenvalue weighted by atomic mass is 16.5. The second-order valence-corrected chi connectivity index (χ2v) is 3.96. The van der Waals surface area contributed by atoms with Crippen LogP contribution in [-0.2, 0) is 4.79 Å². The molecule has 1 unspecified atom stereocenters. The van der Waals surface area contributed by atoms with Crippen LogP contribution >= 0.6 is 0 Å². The van der Waals surface area contributed by atoms with E-state index in [1.165, 1.54) is 0 Å². The highest BCUT2D eigenvalue weighted by Gasteiger charge is 2.05. The van der Waals surface area contributed by atoms with Gasteiger partial charge in [0, 0.05) is 18.7 Å². The van der Waals surface area contributed by atoms with Gasteiger partial charge in [-0.3, -0.25) is 4.79 Å². The van der Waals surface area contributed by atoms with Crippen molar-refractivity contribution in [2.75, 3.05) is 27.3 Å². The summed E-state index contributed by atoms with van der Waals surface area (Å²) >= 11 is 0. The first kappa shape index (κ1) is 14.3. The summed E-state index contributed by atoms with van der Waals surface area (Å²) in [5, 5.41) is 5.81. The quantitative estimate of drug-likeness (QED) is 0.753. The third-order valence-electron chi connectivity index (χ3n) is 2.51. The van der Waals surface area contributed by atoms with E-state index in [9.17, 15) is 4.79 Å². The first-order valence-electron chi connectivity index (χ1n) is 5.86. The van der Waals surface area contributed by atoms with Crippen molar-refractivity contribution < 1.29 is 14.3 Å². The van der Waals surface area contributed by atoms with Crippen LogP contribution in [0, 0.1) is 0 Å². The minimum Gasteiger partial charge on any atom is -0.497 e. The molecule has 1 atom stereocenters. The Labute approximate surface area is 107 Å².